The van der Waals surface area contributed by atoms with Crippen molar-refractivity contribution < 1.29 is 4.79 Å². The molecule has 19 heavy (non-hydrogen) atoms. The molecule has 0 aromatic heterocycles. The Morgan fingerprint density at radius 2 is 2.00 bits per heavy atom. The molecule has 1 amide bonds. The van der Waals surface area contributed by atoms with E-state index in [1.54, 1.807) is 6.92 Å². The van der Waals surface area contributed by atoms with E-state index in [0.717, 1.165) is 38.2 Å². The Bertz CT molecular complexity index is 453. The van der Waals surface area contributed by atoms with Gasteiger partial charge >= 0.3 is 0 Å². The van der Waals surface area contributed by atoms with Crippen LogP contribution in [0.4, 0.5) is 17.1 Å². The molecule has 104 valence electrons. The monoisotopic (exact) mass is 262 g/mol. The second kappa shape index (κ2) is 5.82. The molecule has 5 nitrogen and oxygen atoms in total. The third-order valence-electron chi connectivity index (χ3n) is 3.69. The summed E-state index contributed by atoms with van der Waals surface area (Å²) in [6.45, 7) is 4.33. The minimum atomic E-state index is 0.0498. The largest absolute Gasteiger partial charge is 0.397 e. The molecular weight excluding hydrogens is 240 g/mol. The smallest absolute Gasteiger partial charge is 0.216 e. The highest BCUT2D eigenvalue weighted by Crippen LogP contribution is 2.27. The molecule has 5 heteroatoms. The number of carbonyl (C=O) groups is 1. The first-order chi connectivity index (χ1) is 9.06. The lowest BCUT2D eigenvalue weighted by atomic mass is 9.96. The number of piperidine rings is 1. The highest BCUT2D eigenvalue weighted by atomic mass is 16.1. The van der Waals surface area contributed by atoms with Crippen molar-refractivity contribution in [2.75, 3.05) is 36.0 Å². The Morgan fingerprint density at radius 3 is 2.58 bits per heavy atom. The van der Waals surface area contributed by atoms with Gasteiger partial charge in [-0.2, -0.15) is 0 Å². The molecule has 1 aliphatic heterocycles. The van der Waals surface area contributed by atoms with E-state index in [-0.39, 0.29) is 5.91 Å². The number of amides is 1. The van der Waals surface area contributed by atoms with Crippen molar-refractivity contribution in [1.29, 1.82) is 0 Å². The third kappa shape index (κ3) is 3.53. The van der Waals surface area contributed by atoms with Crippen molar-refractivity contribution in [1.82, 2.24) is 5.32 Å². The van der Waals surface area contributed by atoms with Crippen LogP contribution in [0.2, 0.25) is 0 Å². The van der Waals surface area contributed by atoms with E-state index < -0.39 is 0 Å². The summed E-state index contributed by atoms with van der Waals surface area (Å²) >= 11 is 0. The lowest BCUT2D eigenvalue weighted by Crippen LogP contribution is -2.38. The molecule has 1 saturated heterocycles. The second-order valence-electron chi connectivity index (χ2n) is 5.18. The summed E-state index contributed by atoms with van der Waals surface area (Å²) in [6.07, 6.45) is 2.18. The standard InChI is InChI=1S/C14H22N4O/c1-10(19)17-9-11-4-6-18(7-5-11)12-2-3-13(15)14(16)8-12/h2-3,8,11H,4-7,9,15-16H2,1H3,(H,17,19). The zero-order valence-electron chi connectivity index (χ0n) is 11.4. The van der Waals surface area contributed by atoms with Gasteiger partial charge in [0.25, 0.3) is 0 Å². The third-order valence-corrected chi connectivity index (χ3v) is 3.69. The van der Waals surface area contributed by atoms with Gasteiger partial charge in [0, 0.05) is 32.2 Å². The molecule has 0 bridgehead atoms. The van der Waals surface area contributed by atoms with E-state index in [1.807, 2.05) is 18.2 Å². The van der Waals surface area contributed by atoms with Gasteiger partial charge in [-0.05, 0) is 37.0 Å². The molecule has 0 atom stereocenters. The van der Waals surface area contributed by atoms with Gasteiger partial charge in [-0.25, -0.2) is 0 Å². The predicted octanol–water partition coefficient (Wildman–Crippen LogP) is 1.20. The fourth-order valence-electron chi connectivity index (χ4n) is 2.44. The van der Waals surface area contributed by atoms with Gasteiger partial charge in [0.15, 0.2) is 0 Å². The lowest BCUT2D eigenvalue weighted by molar-refractivity contribution is -0.119. The highest BCUT2D eigenvalue weighted by Gasteiger charge is 2.19. The topological polar surface area (TPSA) is 84.4 Å². The normalized spacial score (nSPS) is 16.4. The average molecular weight is 262 g/mol. The van der Waals surface area contributed by atoms with Crippen molar-refractivity contribution in [2.24, 2.45) is 5.92 Å². The lowest BCUT2D eigenvalue weighted by Gasteiger charge is -2.33. The molecule has 0 aliphatic carbocycles. The van der Waals surface area contributed by atoms with Crippen LogP contribution in [0.25, 0.3) is 0 Å². The number of nitrogens with one attached hydrogen (secondary N) is 1. The second-order valence-corrected chi connectivity index (χ2v) is 5.18. The summed E-state index contributed by atoms with van der Waals surface area (Å²) in [5, 5.41) is 2.89. The molecular formula is C14H22N4O. The van der Waals surface area contributed by atoms with Gasteiger partial charge in [-0.1, -0.05) is 0 Å². The fourth-order valence-corrected chi connectivity index (χ4v) is 2.44. The Labute approximate surface area is 113 Å². The maximum atomic E-state index is 10.9. The summed E-state index contributed by atoms with van der Waals surface area (Å²) in [5.74, 6) is 0.625. The maximum absolute atomic E-state index is 10.9. The quantitative estimate of drug-likeness (QED) is 0.715. The molecule has 1 heterocycles. The van der Waals surface area contributed by atoms with Gasteiger partial charge in [-0.15, -0.1) is 0 Å². The van der Waals surface area contributed by atoms with Crippen molar-refractivity contribution in [2.45, 2.75) is 19.8 Å². The molecule has 1 aromatic rings. The molecule has 1 fully saturated rings. The van der Waals surface area contributed by atoms with E-state index in [4.69, 9.17) is 11.5 Å². The van der Waals surface area contributed by atoms with Gasteiger partial charge in [0.05, 0.1) is 11.4 Å². The Kier molecular flexibility index (Phi) is 4.14. The number of nitrogens with two attached hydrogens (primary N) is 2. The average Bonchev–Trinajstić information content (AvgIpc) is 2.40. The van der Waals surface area contributed by atoms with Gasteiger partial charge in [0.1, 0.15) is 0 Å². The predicted molar refractivity (Wildman–Crippen MR) is 78.9 cm³/mol. The maximum Gasteiger partial charge on any atom is 0.216 e. The molecule has 0 radical (unpaired) electrons. The molecule has 1 aromatic carbocycles. The van der Waals surface area contributed by atoms with E-state index in [9.17, 15) is 4.79 Å². The Hall–Kier alpha value is -1.91. The molecule has 0 unspecified atom stereocenters. The number of nitrogens with zero attached hydrogens (tertiary/aromatic N) is 1. The van der Waals surface area contributed by atoms with E-state index in [0.29, 0.717) is 17.3 Å². The van der Waals surface area contributed by atoms with E-state index in [1.165, 1.54) is 0 Å². The van der Waals surface area contributed by atoms with Crippen LogP contribution in [0.1, 0.15) is 19.8 Å². The van der Waals surface area contributed by atoms with Gasteiger partial charge in [-0.3, -0.25) is 4.79 Å². The number of hydrogen-bond donors (Lipinski definition) is 3. The minimum absolute atomic E-state index is 0.0498. The Balaban J connectivity index is 1.88. The minimum Gasteiger partial charge on any atom is -0.397 e. The van der Waals surface area contributed by atoms with E-state index in [2.05, 4.69) is 10.2 Å². The van der Waals surface area contributed by atoms with Crippen LogP contribution in [0.3, 0.4) is 0 Å². The number of carbonyl (C=O) groups excluding carboxylic acids is 1. The number of nitrogen functional groups attached to an aromatic ring is 2. The first kappa shape index (κ1) is 13.5. The number of rotatable bonds is 3. The van der Waals surface area contributed by atoms with Gasteiger partial charge < -0.3 is 21.7 Å². The summed E-state index contributed by atoms with van der Waals surface area (Å²) in [7, 11) is 0. The first-order valence-corrected chi connectivity index (χ1v) is 6.70. The van der Waals surface area contributed by atoms with Crippen molar-refractivity contribution in [3.63, 3.8) is 0 Å². The summed E-state index contributed by atoms with van der Waals surface area (Å²) < 4.78 is 0. The van der Waals surface area contributed by atoms with Crippen LogP contribution in [-0.4, -0.2) is 25.5 Å². The summed E-state index contributed by atoms with van der Waals surface area (Å²) in [5.41, 5.74) is 14.0. The van der Waals surface area contributed by atoms with Gasteiger partial charge in [0.2, 0.25) is 5.91 Å². The summed E-state index contributed by atoms with van der Waals surface area (Å²) in [4.78, 5) is 13.2. The molecule has 1 aliphatic rings. The molecule has 5 N–H and O–H groups in total. The van der Waals surface area contributed by atoms with E-state index >= 15 is 0 Å². The molecule has 0 saturated carbocycles. The summed E-state index contributed by atoms with van der Waals surface area (Å²) in [6, 6.07) is 5.80. The zero-order valence-corrected chi connectivity index (χ0v) is 11.4. The number of anilines is 3. The van der Waals surface area contributed by atoms with Crippen molar-refractivity contribution in [3.05, 3.63) is 18.2 Å². The molecule has 0 spiro atoms. The van der Waals surface area contributed by atoms with Crippen LogP contribution >= 0.6 is 0 Å². The highest BCUT2D eigenvalue weighted by molar-refractivity contribution is 5.72. The molecule has 2 rings (SSSR count). The van der Waals surface area contributed by atoms with Crippen LogP contribution in [-0.2, 0) is 4.79 Å². The SMILES string of the molecule is CC(=O)NCC1CCN(c2ccc(N)c(N)c2)CC1. The zero-order chi connectivity index (χ0) is 13.8. The Morgan fingerprint density at radius 1 is 1.32 bits per heavy atom. The number of benzene rings is 1. The van der Waals surface area contributed by atoms with Crippen LogP contribution in [0.15, 0.2) is 18.2 Å². The van der Waals surface area contributed by atoms with Crippen LogP contribution in [0, 0.1) is 5.92 Å². The number of hydrogen-bond acceptors (Lipinski definition) is 4. The van der Waals surface area contributed by atoms with Crippen molar-refractivity contribution in [3.8, 4) is 0 Å². The first-order valence-electron chi connectivity index (χ1n) is 6.70. The van der Waals surface area contributed by atoms with Crippen LogP contribution in [0.5, 0.6) is 0 Å². The van der Waals surface area contributed by atoms with Crippen molar-refractivity contribution >= 4 is 23.0 Å². The van der Waals surface area contributed by atoms with Crippen LogP contribution < -0.4 is 21.7 Å². The fraction of sp³-hybridized carbons (Fsp3) is 0.500.